The topological polar surface area (TPSA) is 27.7 Å². The Labute approximate surface area is 176 Å². The average Bonchev–Trinajstić information content (AvgIpc) is 2.58. The van der Waals surface area contributed by atoms with Crippen LogP contribution in [0.4, 0.5) is 8.78 Å². The monoisotopic (exact) mass is 414 g/mol. The SMILES string of the molecule is CCCCCCCCCC(Cc1cc(F)cc(F)c1)OC(OC(C)C)OC(C)C. The third-order valence-electron chi connectivity index (χ3n) is 4.59. The van der Waals surface area contributed by atoms with Crippen LogP contribution in [0.25, 0.3) is 0 Å². The van der Waals surface area contributed by atoms with Gasteiger partial charge in [-0.05, 0) is 58.2 Å². The molecule has 1 rings (SSSR count). The Morgan fingerprint density at radius 1 is 0.724 bits per heavy atom. The van der Waals surface area contributed by atoms with Gasteiger partial charge in [-0.15, -0.1) is 0 Å². The fraction of sp³-hybridized carbons (Fsp3) is 0.750. The molecule has 0 aliphatic heterocycles. The number of rotatable bonds is 16. The molecule has 3 nitrogen and oxygen atoms in total. The molecule has 5 heteroatoms. The maximum atomic E-state index is 13.6. The molecule has 0 amide bonds. The molecule has 0 fully saturated rings. The Hall–Kier alpha value is -1.04. The van der Waals surface area contributed by atoms with Crippen LogP contribution in [0.2, 0.25) is 0 Å². The van der Waals surface area contributed by atoms with Crippen LogP contribution >= 0.6 is 0 Å². The molecule has 1 atom stereocenters. The van der Waals surface area contributed by atoms with Gasteiger partial charge in [0.05, 0.1) is 18.3 Å². The standard InChI is InChI=1S/C24H40F2O3/c1-6-7-8-9-10-11-12-13-23(16-20-14-21(25)17-22(26)15-20)29-24(27-18(2)3)28-19(4)5/h14-15,17-19,23-24H,6-13,16H2,1-5H3. The summed E-state index contributed by atoms with van der Waals surface area (Å²) in [5, 5.41) is 0. The molecule has 1 aromatic rings. The predicted molar refractivity (Wildman–Crippen MR) is 114 cm³/mol. The zero-order chi connectivity index (χ0) is 21.6. The lowest BCUT2D eigenvalue weighted by atomic mass is 10.0. The van der Waals surface area contributed by atoms with Gasteiger partial charge in [-0.3, -0.25) is 0 Å². The highest BCUT2D eigenvalue weighted by molar-refractivity contribution is 5.18. The Morgan fingerprint density at radius 2 is 1.24 bits per heavy atom. The largest absolute Gasteiger partial charge is 0.327 e. The molecule has 1 unspecified atom stereocenters. The maximum absolute atomic E-state index is 13.6. The predicted octanol–water partition coefficient (Wildman–Crippen LogP) is 7.17. The van der Waals surface area contributed by atoms with Gasteiger partial charge in [0, 0.05) is 6.07 Å². The van der Waals surface area contributed by atoms with Gasteiger partial charge in [0.25, 0.3) is 6.48 Å². The summed E-state index contributed by atoms with van der Waals surface area (Å²) in [5.41, 5.74) is 0.586. The minimum Gasteiger partial charge on any atom is -0.327 e. The van der Waals surface area contributed by atoms with Gasteiger partial charge >= 0.3 is 0 Å². The minimum absolute atomic E-state index is 0.0513. The van der Waals surface area contributed by atoms with Crippen molar-refractivity contribution < 1.29 is 23.0 Å². The first-order valence-corrected chi connectivity index (χ1v) is 11.2. The van der Waals surface area contributed by atoms with Crippen molar-refractivity contribution in [1.82, 2.24) is 0 Å². The first kappa shape index (κ1) is 26.0. The maximum Gasteiger partial charge on any atom is 0.272 e. The first-order valence-electron chi connectivity index (χ1n) is 11.2. The second-order valence-electron chi connectivity index (χ2n) is 8.31. The van der Waals surface area contributed by atoms with Crippen molar-refractivity contribution in [3.63, 3.8) is 0 Å². The number of benzene rings is 1. The fourth-order valence-corrected chi connectivity index (χ4v) is 3.24. The minimum atomic E-state index is -0.789. The average molecular weight is 415 g/mol. The molecule has 1 aromatic carbocycles. The van der Waals surface area contributed by atoms with Gasteiger partial charge in [-0.25, -0.2) is 8.78 Å². The lowest BCUT2D eigenvalue weighted by molar-refractivity contribution is -0.326. The van der Waals surface area contributed by atoms with Gasteiger partial charge < -0.3 is 14.2 Å². The second-order valence-corrected chi connectivity index (χ2v) is 8.31. The van der Waals surface area contributed by atoms with Crippen molar-refractivity contribution in [2.45, 2.75) is 117 Å². The summed E-state index contributed by atoms with van der Waals surface area (Å²) < 4.78 is 44.8. The number of halogens is 2. The van der Waals surface area contributed by atoms with Gasteiger partial charge in [-0.1, -0.05) is 51.9 Å². The number of ether oxygens (including phenoxy) is 3. The van der Waals surface area contributed by atoms with Crippen LogP contribution in [0.15, 0.2) is 18.2 Å². The fourth-order valence-electron chi connectivity index (χ4n) is 3.24. The van der Waals surface area contributed by atoms with E-state index in [1.54, 1.807) is 0 Å². The normalized spacial score (nSPS) is 13.0. The van der Waals surface area contributed by atoms with E-state index >= 15 is 0 Å². The quantitative estimate of drug-likeness (QED) is 0.212. The van der Waals surface area contributed by atoms with E-state index in [-0.39, 0.29) is 18.3 Å². The van der Waals surface area contributed by atoms with Crippen molar-refractivity contribution >= 4 is 0 Å². The van der Waals surface area contributed by atoms with Gasteiger partial charge in [0.1, 0.15) is 11.6 Å². The van der Waals surface area contributed by atoms with Crippen LogP contribution in [0.5, 0.6) is 0 Å². The van der Waals surface area contributed by atoms with Crippen LogP contribution in [-0.2, 0) is 20.6 Å². The lowest BCUT2D eigenvalue weighted by Crippen LogP contribution is -2.32. The molecule has 0 spiro atoms. The van der Waals surface area contributed by atoms with E-state index in [0.717, 1.165) is 25.3 Å². The van der Waals surface area contributed by atoms with E-state index < -0.39 is 18.1 Å². The van der Waals surface area contributed by atoms with E-state index in [4.69, 9.17) is 14.2 Å². The summed E-state index contributed by atoms with van der Waals surface area (Å²) in [6.45, 7) is 9.12. The van der Waals surface area contributed by atoms with Crippen LogP contribution in [0, 0.1) is 11.6 Å². The van der Waals surface area contributed by atoms with Crippen LogP contribution in [-0.4, -0.2) is 24.8 Å². The molecule has 0 radical (unpaired) electrons. The molecule has 168 valence electrons. The van der Waals surface area contributed by atoms with E-state index in [2.05, 4.69) is 6.92 Å². The molecular weight excluding hydrogens is 374 g/mol. The number of hydrogen-bond acceptors (Lipinski definition) is 3. The summed E-state index contributed by atoms with van der Waals surface area (Å²) in [6, 6.07) is 3.62. The van der Waals surface area contributed by atoms with Crippen molar-refractivity contribution in [2.24, 2.45) is 0 Å². The van der Waals surface area contributed by atoms with E-state index in [0.29, 0.717) is 12.0 Å². The molecule has 0 aliphatic carbocycles. The Balaban J connectivity index is 2.69. The summed E-state index contributed by atoms with van der Waals surface area (Å²) in [6.07, 6.45) is 9.29. The molecule has 0 aromatic heterocycles. The molecule has 0 heterocycles. The zero-order valence-corrected chi connectivity index (χ0v) is 18.9. The van der Waals surface area contributed by atoms with Gasteiger partial charge in [-0.2, -0.15) is 0 Å². The summed E-state index contributed by atoms with van der Waals surface area (Å²) in [7, 11) is 0. The molecule has 29 heavy (non-hydrogen) atoms. The van der Waals surface area contributed by atoms with Gasteiger partial charge in [0.15, 0.2) is 0 Å². The molecule has 0 aliphatic rings. The van der Waals surface area contributed by atoms with E-state index in [1.807, 2.05) is 27.7 Å². The number of hydrogen-bond donors (Lipinski definition) is 0. The second kappa shape index (κ2) is 14.9. The zero-order valence-electron chi connectivity index (χ0n) is 18.9. The molecule has 0 saturated heterocycles. The summed E-state index contributed by atoms with van der Waals surface area (Å²) in [5.74, 6) is -1.13. The highest BCUT2D eigenvalue weighted by Gasteiger charge is 2.21. The Morgan fingerprint density at radius 3 is 1.76 bits per heavy atom. The van der Waals surface area contributed by atoms with Gasteiger partial charge in [0.2, 0.25) is 0 Å². The summed E-state index contributed by atoms with van der Waals surface area (Å²) >= 11 is 0. The summed E-state index contributed by atoms with van der Waals surface area (Å²) in [4.78, 5) is 0. The van der Waals surface area contributed by atoms with Crippen molar-refractivity contribution in [3.05, 3.63) is 35.4 Å². The molecule has 0 bridgehead atoms. The van der Waals surface area contributed by atoms with Crippen molar-refractivity contribution in [2.75, 3.05) is 0 Å². The highest BCUT2D eigenvalue weighted by atomic mass is 19.1. The van der Waals surface area contributed by atoms with Crippen LogP contribution in [0.3, 0.4) is 0 Å². The first-order chi connectivity index (χ1) is 13.8. The Kier molecular flexibility index (Phi) is 13.3. The lowest BCUT2D eigenvalue weighted by Gasteiger charge is -2.28. The molecule has 0 saturated carbocycles. The molecular formula is C24H40F2O3. The van der Waals surface area contributed by atoms with Crippen LogP contribution < -0.4 is 0 Å². The van der Waals surface area contributed by atoms with Crippen molar-refractivity contribution in [3.8, 4) is 0 Å². The third-order valence-corrected chi connectivity index (χ3v) is 4.59. The highest BCUT2D eigenvalue weighted by Crippen LogP contribution is 2.20. The smallest absolute Gasteiger partial charge is 0.272 e. The van der Waals surface area contributed by atoms with E-state index in [9.17, 15) is 8.78 Å². The molecule has 0 N–H and O–H groups in total. The van der Waals surface area contributed by atoms with Crippen LogP contribution in [0.1, 0.15) is 91.5 Å². The third kappa shape index (κ3) is 13.0. The number of unbranched alkanes of at least 4 members (excludes halogenated alkanes) is 6. The van der Waals surface area contributed by atoms with Crippen molar-refractivity contribution in [1.29, 1.82) is 0 Å². The Bertz CT molecular complexity index is 519. The van der Waals surface area contributed by atoms with E-state index in [1.165, 1.54) is 44.2 Å².